The number of aliphatic carboxylic acids is 1. The third-order valence-electron chi connectivity index (χ3n) is 2.88. The van der Waals surface area contributed by atoms with Crippen LogP contribution in [0.25, 0.3) is 0 Å². The summed E-state index contributed by atoms with van der Waals surface area (Å²) in [6.07, 6.45) is 0. The average molecular weight is 334 g/mol. The van der Waals surface area contributed by atoms with Crippen LogP contribution in [0.1, 0.15) is 27.5 Å². The fraction of sp³-hybridized carbons (Fsp3) is 0.0667. The van der Waals surface area contributed by atoms with Gasteiger partial charge in [0, 0.05) is 15.6 Å². The van der Waals surface area contributed by atoms with Crippen LogP contribution in [0.2, 0.25) is 0 Å². The molecule has 2 aromatic rings. The average Bonchev–Trinajstić information content (AvgIpc) is 2.46. The number of nitrogens with two attached hydrogens (primary N) is 1. The molecule has 0 amide bonds. The van der Waals surface area contributed by atoms with Gasteiger partial charge in [0.2, 0.25) is 0 Å². The van der Waals surface area contributed by atoms with E-state index in [0.29, 0.717) is 16.7 Å². The van der Waals surface area contributed by atoms with Gasteiger partial charge < -0.3 is 10.8 Å². The van der Waals surface area contributed by atoms with Crippen LogP contribution >= 0.6 is 15.9 Å². The molecule has 2 rings (SSSR count). The first-order valence-corrected chi connectivity index (χ1v) is 6.67. The van der Waals surface area contributed by atoms with Crippen molar-refractivity contribution in [3.05, 3.63) is 69.7 Å². The van der Waals surface area contributed by atoms with Crippen LogP contribution < -0.4 is 5.73 Å². The van der Waals surface area contributed by atoms with Gasteiger partial charge in [-0.2, -0.15) is 0 Å². The Bertz CT molecular complexity index is 652. The van der Waals surface area contributed by atoms with E-state index in [1.807, 2.05) is 0 Å². The zero-order valence-corrected chi connectivity index (χ0v) is 12.0. The van der Waals surface area contributed by atoms with Gasteiger partial charge in [-0.3, -0.25) is 9.59 Å². The molecule has 0 aliphatic carbocycles. The Hall–Kier alpha value is -1.98. The zero-order valence-electron chi connectivity index (χ0n) is 10.4. The van der Waals surface area contributed by atoms with Crippen LogP contribution in [-0.2, 0) is 4.79 Å². The number of hydrogen-bond acceptors (Lipinski definition) is 3. The number of halogens is 1. The van der Waals surface area contributed by atoms with E-state index in [9.17, 15) is 9.59 Å². The Morgan fingerprint density at radius 1 is 1.05 bits per heavy atom. The van der Waals surface area contributed by atoms with E-state index in [2.05, 4.69) is 15.9 Å². The summed E-state index contributed by atoms with van der Waals surface area (Å²) in [6.45, 7) is 0. The Balaban J connectivity index is 2.33. The van der Waals surface area contributed by atoms with E-state index in [4.69, 9.17) is 10.8 Å². The molecule has 0 aromatic heterocycles. The Kier molecular flexibility index (Phi) is 4.32. The fourth-order valence-electron chi connectivity index (χ4n) is 1.78. The van der Waals surface area contributed by atoms with Gasteiger partial charge in [0.05, 0.1) is 0 Å². The van der Waals surface area contributed by atoms with E-state index in [1.54, 1.807) is 42.5 Å². The van der Waals surface area contributed by atoms with Gasteiger partial charge in [-0.25, -0.2) is 0 Å². The van der Waals surface area contributed by atoms with Crippen LogP contribution in [0.4, 0.5) is 0 Å². The van der Waals surface area contributed by atoms with Gasteiger partial charge in [-0.1, -0.05) is 34.1 Å². The third-order valence-corrected chi connectivity index (χ3v) is 3.41. The molecule has 0 saturated carbocycles. The number of carboxylic acids is 1. The highest BCUT2D eigenvalue weighted by Crippen LogP contribution is 2.17. The summed E-state index contributed by atoms with van der Waals surface area (Å²) in [5.74, 6) is -1.30. The lowest BCUT2D eigenvalue weighted by Crippen LogP contribution is -2.20. The molecule has 20 heavy (non-hydrogen) atoms. The summed E-state index contributed by atoms with van der Waals surface area (Å²) in [5, 5.41) is 8.90. The molecular weight excluding hydrogens is 322 g/mol. The molecule has 2 aromatic carbocycles. The number of benzene rings is 2. The second-order valence-corrected chi connectivity index (χ2v) is 5.19. The van der Waals surface area contributed by atoms with Gasteiger partial charge in [0.1, 0.15) is 6.04 Å². The van der Waals surface area contributed by atoms with Gasteiger partial charge >= 0.3 is 5.97 Å². The lowest BCUT2D eigenvalue weighted by Gasteiger charge is -2.08. The molecule has 0 radical (unpaired) electrons. The number of hydrogen-bond donors (Lipinski definition) is 2. The predicted octanol–water partition coefficient (Wildman–Crippen LogP) is 2.76. The summed E-state index contributed by atoms with van der Waals surface area (Å²) in [5.41, 5.74) is 6.91. The van der Waals surface area contributed by atoms with Gasteiger partial charge in [0.15, 0.2) is 5.78 Å². The quantitative estimate of drug-likeness (QED) is 0.843. The molecule has 5 heteroatoms. The molecule has 4 nitrogen and oxygen atoms in total. The molecule has 0 aliphatic heterocycles. The minimum Gasteiger partial charge on any atom is -0.480 e. The number of carbonyl (C=O) groups is 2. The number of carbonyl (C=O) groups excluding carboxylic acids is 1. The summed E-state index contributed by atoms with van der Waals surface area (Å²) in [7, 11) is 0. The van der Waals surface area contributed by atoms with Crippen molar-refractivity contribution in [2.75, 3.05) is 0 Å². The van der Waals surface area contributed by atoms with Crippen LogP contribution in [0, 0.1) is 0 Å². The molecule has 0 aliphatic rings. The first-order valence-electron chi connectivity index (χ1n) is 5.87. The topological polar surface area (TPSA) is 80.4 Å². The second-order valence-electron chi connectivity index (χ2n) is 4.28. The fourth-order valence-corrected chi connectivity index (χ4v) is 2.05. The van der Waals surface area contributed by atoms with Crippen molar-refractivity contribution in [2.45, 2.75) is 6.04 Å². The molecule has 0 saturated heterocycles. The minimum atomic E-state index is -1.13. The highest BCUT2D eigenvalue weighted by molar-refractivity contribution is 9.10. The Morgan fingerprint density at radius 2 is 1.70 bits per heavy atom. The maximum atomic E-state index is 12.3. The Labute approximate surface area is 124 Å². The molecule has 0 bridgehead atoms. The summed E-state index contributed by atoms with van der Waals surface area (Å²) in [6, 6.07) is 12.2. The van der Waals surface area contributed by atoms with Gasteiger partial charge in [0.25, 0.3) is 0 Å². The molecule has 0 unspecified atom stereocenters. The van der Waals surface area contributed by atoms with E-state index >= 15 is 0 Å². The molecule has 3 N–H and O–H groups in total. The van der Waals surface area contributed by atoms with Crippen molar-refractivity contribution >= 4 is 27.7 Å². The van der Waals surface area contributed by atoms with Crippen molar-refractivity contribution in [2.24, 2.45) is 5.73 Å². The number of rotatable bonds is 4. The smallest absolute Gasteiger partial charge is 0.325 e. The maximum absolute atomic E-state index is 12.3. The van der Waals surface area contributed by atoms with Crippen LogP contribution in [0.3, 0.4) is 0 Å². The van der Waals surface area contributed by atoms with E-state index in [-0.39, 0.29) is 5.78 Å². The van der Waals surface area contributed by atoms with E-state index in [0.717, 1.165) is 4.47 Å². The third kappa shape index (κ3) is 3.12. The van der Waals surface area contributed by atoms with E-state index in [1.165, 1.54) is 6.07 Å². The molecule has 0 spiro atoms. The highest BCUT2D eigenvalue weighted by atomic mass is 79.9. The van der Waals surface area contributed by atoms with Crippen LogP contribution in [-0.4, -0.2) is 16.9 Å². The minimum absolute atomic E-state index is 0.170. The van der Waals surface area contributed by atoms with Crippen LogP contribution in [0.15, 0.2) is 53.0 Å². The number of ketones is 1. The normalized spacial score (nSPS) is 11.9. The largest absolute Gasteiger partial charge is 0.480 e. The second kappa shape index (κ2) is 5.98. The lowest BCUT2D eigenvalue weighted by atomic mass is 9.99. The summed E-state index contributed by atoms with van der Waals surface area (Å²) < 4.78 is 0.885. The predicted molar refractivity (Wildman–Crippen MR) is 78.6 cm³/mol. The van der Waals surface area contributed by atoms with E-state index < -0.39 is 12.0 Å². The Morgan fingerprint density at radius 3 is 2.30 bits per heavy atom. The molecule has 1 atom stereocenters. The van der Waals surface area contributed by atoms with Crippen molar-refractivity contribution in [1.29, 1.82) is 0 Å². The van der Waals surface area contributed by atoms with Crippen molar-refractivity contribution in [3.63, 3.8) is 0 Å². The van der Waals surface area contributed by atoms with Gasteiger partial charge in [-0.15, -0.1) is 0 Å². The SMILES string of the molecule is N[C@@H](C(=O)O)c1cccc(C(=O)c2ccc(Br)cc2)c1. The maximum Gasteiger partial charge on any atom is 0.325 e. The van der Waals surface area contributed by atoms with Crippen molar-refractivity contribution in [3.8, 4) is 0 Å². The monoisotopic (exact) mass is 333 g/mol. The molecule has 102 valence electrons. The first kappa shape index (κ1) is 14.4. The highest BCUT2D eigenvalue weighted by Gasteiger charge is 2.16. The van der Waals surface area contributed by atoms with Crippen molar-refractivity contribution < 1.29 is 14.7 Å². The number of carboxylic acid groups (broad SMARTS) is 1. The first-order chi connectivity index (χ1) is 9.49. The summed E-state index contributed by atoms with van der Waals surface area (Å²) >= 11 is 3.30. The molecule has 0 fully saturated rings. The summed E-state index contributed by atoms with van der Waals surface area (Å²) in [4.78, 5) is 23.2. The zero-order chi connectivity index (χ0) is 14.7. The standard InChI is InChI=1S/C15H12BrNO3/c16-12-6-4-9(5-7-12)14(18)11-3-1-2-10(8-11)13(17)15(19)20/h1-8,13H,17H2,(H,19,20)/t13-/m1/s1. The molecular formula is C15H12BrNO3. The lowest BCUT2D eigenvalue weighted by molar-refractivity contribution is -0.138. The van der Waals surface area contributed by atoms with Gasteiger partial charge in [-0.05, 0) is 35.9 Å². The van der Waals surface area contributed by atoms with Crippen molar-refractivity contribution in [1.82, 2.24) is 0 Å². The molecule has 0 heterocycles. The van der Waals surface area contributed by atoms with Crippen LogP contribution in [0.5, 0.6) is 0 Å².